The summed E-state index contributed by atoms with van der Waals surface area (Å²) in [6.45, 7) is -0.00203. The Hall–Kier alpha value is -2.09. The second-order valence-electron chi connectivity index (χ2n) is 4.71. The molecule has 122 valence electrons. The lowest BCUT2D eigenvalue weighted by molar-refractivity contribution is -0.136. The molecular weight excluding hydrogens is 308 g/mol. The number of amides is 2. The molecule has 8 heteroatoms. The minimum atomic E-state index is -3.25. The van der Waals surface area contributed by atoms with Crippen LogP contribution in [0.3, 0.4) is 0 Å². The van der Waals surface area contributed by atoms with Gasteiger partial charge in [0.15, 0.2) is 9.84 Å². The van der Waals surface area contributed by atoms with Crippen LogP contribution < -0.4 is 10.6 Å². The summed E-state index contributed by atoms with van der Waals surface area (Å²) in [4.78, 5) is 21.5. The molecule has 3 N–H and O–H groups in total. The van der Waals surface area contributed by atoms with E-state index in [-0.39, 0.29) is 31.0 Å². The van der Waals surface area contributed by atoms with Crippen molar-refractivity contribution in [2.75, 3.05) is 24.6 Å². The maximum atomic E-state index is 11.8. The van der Waals surface area contributed by atoms with E-state index in [9.17, 15) is 18.0 Å². The van der Waals surface area contributed by atoms with Crippen LogP contribution >= 0.6 is 0 Å². The summed E-state index contributed by atoms with van der Waals surface area (Å²) >= 11 is 0. The first-order valence-corrected chi connectivity index (χ1v) is 8.69. The molecule has 0 atom stereocenters. The molecule has 0 aliphatic rings. The second kappa shape index (κ2) is 9.04. The van der Waals surface area contributed by atoms with Crippen LogP contribution in [0, 0.1) is 0 Å². The zero-order chi connectivity index (χ0) is 16.4. The van der Waals surface area contributed by atoms with E-state index in [0.717, 1.165) is 5.56 Å². The summed E-state index contributed by atoms with van der Waals surface area (Å²) < 4.78 is 23.7. The first kappa shape index (κ1) is 18.0. The third-order valence-corrected chi connectivity index (χ3v) is 4.52. The van der Waals surface area contributed by atoms with Gasteiger partial charge in [0.2, 0.25) is 0 Å². The highest BCUT2D eigenvalue weighted by atomic mass is 32.2. The fraction of sp³-hybridized carbons (Fsp3) is 0.429. The van der Waals surface area contributed by atoms with E-state index < -0.39 is 21.8 Å². The van der Waals surface area contributed by atoms with Crippen LogP contribution in [0.2, 0.25) is 0 Å². The molecule has 0 aliphatic carbocycles. The van der Waals surface area contributed by atoms with Crippen LogP contribution in [-0.4, -0.2) is 50.1 Å². The van der Waals surface area contributed by atoms with Crippen molar-refractivity contribution in [3.05, 3.63) is 35.9 Å². The van der Waals surface area contributed by atoms with Crippen molar-refractivity contribution >= 4 is 21.8 Å². The van der Waals surface area contributed by atoms with Crippen molar-refractivity contribution in [1.82, 2.24) is 10.6 Å². The number of aryl methyl sites for hydroxylation is 1. The van der Waals surface area contributed by atoms with E-state index in [0.29, 0.717) is 6.42 Å². The average Bonchev–Trinajstić information content (AvgIpc) is 2.46. The Balaban J connectivity index is 2.22. The lowest BCUT2D eigenvalue weighted by Crippen LogP contribution is -2.39. The van der Waals surface area contributed by atoms with E-state index in [2.05, 4.69) is 10.6 Å². The van der Waals surface area contributed by atoms with Crippen LogP contribution in [0.15, 0.2) is 30.3 Å². The molecule has 1 aromatic carbocycles. The number of rotatable bonds is 9. The smallest absolute Gasteiger partial charge is 0.314 e. The van der Waals surface area contributed by atoms with Crippen molar-refractivity contribution in [2.45, 2.75) is 12.8 Å². The third-order valence-electron chi connectivity index (χ3n) is 2.87. The van der Waals surface area contributed by atoms with Gasteiger partial charge in [-0.15, -0.1) is 0 Å². The van der Waals surface area contributed by atoms with Gasteiger partial charge in [0, 0.05) is 13.1 Å². The molecule has 0 aromatic heterocycles. The van der Waals surface area contributed by atoms with Gasteiger partial charge in [0.25, 0.3) is 0 Å². The number of aliphatic carboxylic acids is 1. The highest BCUT2D eigenvalue weighted by Crippen LogP contribution is 2.02. The van der Waals surface area contributed by atoms with E-state index >= 15 is 0 Å². The maximum absolute atomic E-state index is 11.8. The summed E-state index contributed by atoms with van der Waals surface area (Å²) in [6.07, 6.45) is 0.261. The van der Waals surface area contributed by atoms with E-state index in [4.69, 9.17) is 5.11 Å². The van der Waals surface area contributed by atoms with E-state index in [1.54, 1.807) is 0 Å². The van der Waals surface area contributed by atoms with Gasteiger partial charge in [-0.25, -0.2) is 13.2 Å². The minimum absolute atomic E-state index is 0.00191. The molecule has 0 saturated carbocycles. The Kier molecular flexibility index (Phi) is 7.38. The van der Waals surface area contributed by atoms with Gasteiger partial charge in [0.05, 0.1) is 17.9 Å². The number of carboxylic acids is 1. The number of benzene rings is 1. The molecular formula is C14H20N2O5S. The summed E-state index contributed by atoms with van der Waals surface area (Å²) in [5.74, 6) is -1.13. The Labute approximate surface area is 129 Å². The first-order valence-electron chi connectivity index (χ1n) is 6.87. The molecule has 0 fully saturated rings. The molecule has 0 radical (unpaired) electrons. The zero-order valence-electron chi connectivity index (χ0n) is 12.1. The highest BCUT2D eigenvalue weighted by molar-refractivity contribution is 7.91. The van der Waals surface area contributed by atoms with Gasteiger partial charge in [-0.1, -0.05) is 30.3 Å². The van der Waals surface area contributed by atoms with Gasteiger partial charge in [0.1, 0.15) is 0 Å². The fourth-order valence-corrected chi connectivity index (χ4v) is 2.85. The molecule has 1 aromatic rings. The number of sulfone groups is 1. The predicted molar refractivity (Wildman–Crippen MR) is 82.5 cm³/mol. The van der Waals surface area contributed by atoms with Gasteiger partial charge >= 0.3 is 12.0 Å². The molecule has 0 aliphatic heterocycles. The lowest BCUT2D eigenvalue weighted by atomic mass is 10.2. The fourth-order valence-electron chi connectivity index (χ4n) is 1.69. The summed E-state index contributed by atoms with van der Waals surface area (Å²) in [6, 6.07) is 8.73. The Morgan fingerprint density at radius 2 is 1.64 bits per heavy atom. The van der Waals surface area contributed by atoms with Gasteiger partial charge in [-0.2, -0.15) is 0 Å². The SMILES string of the molecule is O=C(O)CCNC(=O)NCCS(=O)(=O)CCc1ccccc1. The largest absolute Gasteiger partial charge is 0.481 e. The molecule has 2 amide bonds. The van der Waals surface area contributed by atoms with Crippen LogP contribution in [0.4, 0.5) is 4.79 Å². The van der Waals surface area contributed by atoms with Crippen molar-refractivity contribution < 1.29 is 23.1 Å². The van der Waals surface area contributed by atoms with Crippen molar-refractivity contribution in [2.24, 2.45) is 0 Å². The van der Waals surface area contributed by atoms with Crippen molar-refractivity contribution in [3.63, 3.8) is 0 Å². The number of urea groups is 1. The molecule has 22 heavy (non-hydrogen) atoms. The van der Waals surface area contributed by atoms with E-state index in [1.165, 1.54) is 0 Å². The Morgan fingerprint density at radius 3 is 2.27 bits per heavy atom. The van der Waals surface area contributed by atoms with Crippen LogP contribution in [0.25, 0.3) is 0 Å². The topological polar surface area (TPSA) is 113 Å². The monoisotopic (exact) mass is 328 g/mol. The summed E-state index contributed by atoms with van der Waals surface area (Å²) in [5.41, 5.74) is 0.949. The lowest BCUT2D eigenvalue weighted by Gasteiger charge is -2.07. The molecule has 7 nitrogen and oxygen atoms in total. The maximum Gasteiger partial charge on any atom is 0.314 e. The van der Waals surface area contributed by atoms with Gasteiger partial charge in [-0.3, -0.25) is 4.79 Å². The van der Waals surface area contributed by atoms with Crippen LogP contribution in [-0.2, 0) is 21.1 Å². The number of hydrogen-bond donors (Lipinski definition) is 3. The zero-order valence-corrected chi connectivity index (χ0v) is 12.9. The van der Waals surface area contributed by atoms with Gasteiger partial charge < -0.3 is 15.7 Å². The molecule has 0 heterocycles. The Bertz CT molecular complexity index is 587. The highest BCUT2D eigenvalue weighted by Gasteiger charge is 2.11. The average molecular weight is 328 g/mol. The molecule has 0 bridgehead atoms. The molecule has 0 spiro atoms. The molecule has 0 unspecified atom stereocenters. The van der Waals surface area contributed by atoms with E-state index in [1.807, 2.05) is 30.3 Å². The number of nitrogens with one attached hydrogen (secondary N) is 2. The van der Waals surface area contributed by atoms with Gasteiger partial charge in [-0.05, 0) is 12.0 Å². The van der Waals surface area contributed by atoms with Crippen LogP contribution in [0.5, 0.6) is 0 Å². The van der Waals surface area contributed by atoms with Crippen molar-refractivity contribution in [3.8, 4) is 0 Å². The summed E-state index contributed by atoms with van der Waals surface area (Å²) in [5, 5.41) is 13.1. The minimum Gasteiger partial charge on any atom is -0.481 e. The molecule has 0 saturated heterocycles. The number of carbonyl (C=O) groups is 2. The number of carbonyl (C=O) groups excluding carboxylic acids is 1. The van der Waals surface area contributed by atoms with Crippen molar-refractivity contribution in [1.29, 1.82) is 0 Å². The third kappa shape index (κ3) is 8.25. The Morgan fingerprint density at radius 1 is 1.00 bits per heavy atom. The van der Waals surface area contributed by atoms with Crippen LogP contribution in [0.1, 0.15) is 12.0 Å². The quantitative estimate of drug-likeness (QED) is 0.608. The normalized spacial score (nSPS) is 10.9. The second-order valence-corrected chi connectivity index (χ2v) is 7.02. The molecule has 1 rings (SSSR count). The summed E-state index contributed by atoms with van der Waals surface area (Å²) in [7, 11) is -3.25. The number of hydrogen-bond acceptors (Lipinski definition) is 4. The number of carboxylic acid groups (broad SMARTS) is 1. The first-order chi connectivity index (χ1) is 10.4. The predicted octanol–water partition coefficient (Wildman–Crippen LogP) is 0.418. The standard InChI is InChI=1S/C14H20N2O5S/c17-13(18)6-8-15-14(19)16-9-11-22(20,21)10-7-12-4-2-1-3-5-12/h1-5H,6-11H2,(H,17,18)(H2,15,16,19).